The Labute approximate surface area is 213 Å². The fraction of sp³-hybridized carbons (Fsp3) is 0.0286. The Morgan fingerprint density at radius 2 is 1.16 bits per heavy atom. The predicted octanol–water partition coefficient (Wildman–Crippen LogP) is 6.58. The number of carbonyl (C=O) groups excluding carboxylic acids is 2. The van der Waals surface area contributed by atoms with E-state index in [2.05, 4.69) is 66.7 Å². The molecule has 0 radical (unpaired) electrons. The molecule has 37 heavy (non-hydrogen) atoms. The van der Waals surface area contributed by atoms with Crippen molar-refractivity contribution < 1.29 is 9.59 Å². The summed E-state index contributed by atoms with van der Waals surface area (Å²) in [5.74, 6) is 0.322. The molecule has 2 aliphatic carbocycles. The molecule has 6 aromatic rings. The highest BCUT2D eigenvalue weighted by Gasteiger charge is 2.23. The molecule has 6 aromatic carbocycles. The molecule has 2 heteroatoms. The number of ketones is 2. The van der Waals surface area contributed by atoms with E-state index in [1.807, 2.05) is 48.5 Å². The first kappa shape index (κ1) is 21.5. The zero-order valence-electron chi connectivity index (χ0n) is 20.1. The van der Waals surface area contributed by atoms with Gasteiger partial charge in [-0.2, -0.15) is 0 Å². The third-order valence-corrected chi connectivity index (χ3v) is 7.40. The zero-order chi connectivity index (χ0) is 24.9. The van der Waals surface area contributed by atoms with Crippen LogP contribution in [0.2, 0.25) is 0 Å². The number of rotatable bonds is 0. The molecule has 0 atom stereocenters. The topological polar surface area (TPSA) is 34.1 Å². The second-order valence-corrected chi connectivity index (χ2v) is 9.59. The average Bonchev–Trinajstić information content (AvgIpc) is 2.95. The summed E-state index contributed by atoms with van der Waals surface area (Å²) in [6, 6.07) is 37.0. The summed E-state index contributed by atoms with van der Waals surface area (Å²) < 4.78 is 0. The molecule has 0 fully saturated rings. The Morgan fingerprint density at radius 3 is 2.03 bits per heavy atom. The zero-order valence-corrected chi connectivity index (χ0v) is 20.1. The van der Waals surface area contributed by atoms with Gasteiger partial charge in [0.05, 0.1) is 0 Å². The van der Waals surface area contributed by atoms with Crippen LogP contribution in [0.3, 0.4) is 0 Å². The molecule has 0 saturated heterocycles. The minimum Gasteiger partial charge on any atom is -0.294 e. The molecule has 0 N–H and O–H groups in total. The van der Waals surface area contributed by atoms with Crippen molar-refractivity contribution in [3.8, 4) is 11.1 Å². The quantitative estimate of drug-likeness (QED) is 0.233. The number of benzene rings is 6. The second-order valence-electron chi connectivity index (χ2n) is 9.59. The van der Waals surface area contributed by atoms with Crippen molar-refractivity contribution in [1.29, 1.82) is 0 Å². The lowest BCUT2D eigenvalue weighted by Crippen LogP contribution is -2.28. The van der Waals surface area contributed by atoms with Crippen LogP contribution < -0.4 is 10.4 Å². The van der Waals surface area contributed by atoms with Crippen LogP contribution >= 0.6 is 0 Å². The first-order chi connectivity index (χ1) is 18.2. The van der Waals surface area contributed by atoms with E-state index in [1.165, 1.54) is 32.3 Å². The van der Waals surface area contributed by atoms with Gasteiger partial charge in [-0.05, 0) is 66.7 Å². The summed E-state index contributed by atoms with van der Waals surface area (Å²) in [7, 11) is 0. The molecule has 174 valence electrons. The van der Waals surface area contributed by atoms with Gasteiger partial charge in [0.25, 0.3) is 0 Å². The maximum atomic E-state index is 12.5. The van der Waals surface area contributed by atoms with Crippen molar-refractivity contribution in [2.75, 3.05) is 0 Å². The van der Waals surface area contributed by atoms with Crippen molar-refractivity contribution in [3.05, 3.63) is 131 Å². The van der Waals surface area contributed by atoms with Crippen molar-refractivity contribution >= 4 is 56.0 Å². The van der Waals surface area contributed by atoms with Gasteiger partial charge in [-0.25, -0.2) is 0 Å². The van der Waals surface area contributed by atoms with Gasteiger partial charge in [-0.3, -0.25) is 9.59 Å². The summed E-state index contributed by atoms with van der Waals surface area (Å²) in [6.45, 7) is 0. The Morgan fingerprint density at radius 1 is 0.486 bits per heavy atom. The summed E-state index contributed by atoms with van der Waals surface area (Å²) in [4.78, 5) is 24.0. The molecule has 8 rings (SSSR count). The number of Topliss-reactive ketones (excluding diaryl/α,β-unsaturated/α-hetero) is 1. The lowest BCUT2D eigenvalue weighted by Gasteiger charge is -2.19. The van der Waals surface area contributed by atoms with Crippen LogP contribution in [-0.4, -0.2) is 11.6 Å². The van der Waals surface area contributed by atoms with Crippen LogP contribution in [0.1, 0.15) is 22.3 Å². The first-order valence-electron chi connectivity index (χ1n) is 12.5. The number of fused-ring (bicyclic) bond motifs is 6. The predicted molar refractivity (Wildman–Crippen MR) is 152 cm³/mol. The fourth-order valence-electron chi connectivity index (χ4n) is 5.65. The lowest BCUT2D eigenvalue weighted by molar-refractivity contribution is -0.112. The smallest absolute Gasteiger partial charge is 0.194 e. The Balaban J connectivity index is 0.000000125. The highest BCUT2D eigenvalue weighted by molar-refractivity contribution is 6.25. The third-order valence-electron chi connectivity index (χ3n) is 7.40. The maximum Gasteiger partial charge on any atom is 0.194 e. The van der Waals surface area contributed by atoms with E-state index in [9.17, 15) is 9.59 Å². The second kappa shape index (κ2) is 8.39. The van der Waals surface area contributed by atoms with Crippen LogP contribution in [0.25, 0.3) is 55.6 Å². The van der Waals surface area contributed by atoms with Crippen LogP contribution in [0, 0.1) is 0 Å². The minimum absolute atomic E-state index is 0.134. The van der Waals surface area contributed by atoms with Gasteiger partial charge in [0, 0.05) is 22.9 Å². The van der Waals surface area contributed by atoms with Crippen LogP contribution in [0.5, 0.6) is 0 Å². The number of carbonyl (C=O) groups is 2. The van der Waals surface area contributed by atoms with E-state index in [1.54, 1.807) is 6.08 Å². The minimum atomic E-state index is 0.134. The van der Waals surface area contributed by atoms with E-state index in [-0.39, 0.29) is 11.6 Å². The van der Waals surface area contributed by atoms with Gasteiger partial charge in [0.2, 0.25) is 0 Å². The van der Waals surface area contributed by atoms with Crippen LogP contribution in [0.4, 0.5) is 0 Å². The summed E-state index contributed by atoms with van der Waals surface area (Å²) in [5.41, 5.74) is 3.84. The highest BCUT2D eigenvalue weighted by Crippen LogP contribution is 2.38. The molecule has 0 unspecified atom stereocenters. The molecule has 2 nitrogen and oxygen atoms in total. The molecule has 0 aliphatic heterocycles. The van der Waals surface area contributed by atoms with Gasteiger partial charge in [-0.1, -0.05) is 103 Å². The first-order valence-corrected chi connectivity index (χ1v) is 12.5. The van der Waals surface area contributed by atoms with Gasteiger partial charge < -0.3 is 0 Å². The van der Waals surface area contributed by atoms with Crippen molar-refractivity contribution in [2.24, 2.45) is 0 Å². The molecule has 0 bridgehead atoms. The van der Waals surface area contributed by atoms with E-state index in [4.69, 9.17) is 0 Å². The van der Waals surface area contributed by atoms with E-state index in [0.29, 0.717) is 6.42 Å². The molecule has 0 aromatic heterocycles. The normalized spacial score (nSPS) is 13.3. The number of hydrogen-bond acceptors (Lipinski definition) is 2. The van der Waals surface area contributed by atoms with Gasteiger partial charge >= 0.3 is 0 Å². The molecule has 0 saturated carbocycles. The van der Waals surface area contributed by atoms with E-state index < -0.39 is 0 Å². The monoisotopic (exact) mass is 474 g/mol. The van der Waals surface area contributed by atoms with Crippen molar-refractivity contribution in [2.45, 2.75) is 6.42 Å². The van der Waals surface area contributed by atoms with Crippen LogP contribution in [-0.2, 0) is 4.79 Å². The fourth-order valence-corrected chi connectivity index (χ4v) is 5.65. The molecular formula is C35H22O2. The Kier molecular flexibility index (Phi) is 4.87. The SMILES string of the molecule is O=C1C=c2cc3ccc4ccccc4c3cc2=CC1.O=C1c2ccccc2-c2cccc3cccc1c23. The number of hydrogen-bond donors (Lipinski definition) is 0. The standard InChI is InChI=1S/C18H12O.C17H10O/c19-16-8-7-13-11-18-14(9-15(13)10-16)6-5-12-3-1-2-4-17(12)18;18-17-14-8-2-1-7-12(14)13-9-3-5-11-6-4-10-15(17)16(11)13/h1-7,9-11H,8H2;1-10H. The van der Waals surface area contributed by atoms with Gasteiger partial charge in [0.1, 0.15) is 0 Å². The summed E-state index contributed by atoms with van der Waals surface area (Å²) >= 11 is 0. The highest BCUT2D eigenvalue weighted by atomic mass is 16.1. The van der Waals surface area contributed by atoms with Crippen molar-refractivity contribution in [1.82, 2.24) is 0 Å². The Hall–Kier alpha value is -4.82. The van der Waals surface area contributed by atoms with Crippen molar-refractivity contribution in [3.63, 3.8) is 0 Å². The molecule has 0 spiro atoms. The average molecular weight is 475 g/mol. The lowest BCUT2D eigenvalue weighted by atomic mass is 9.83. The maximum absolute atomic E-state index is 12.5. The molecule has 0 amide bonds. The summed E-state index contributed by atoms with van der Waals surface area (Å²) in [6.07, 6.45) is 4.30. The summed E-state index contributed by atoms with van der Waals surface area (Å²) in [5, 5.41) is 9.41. The molecular weight excluding hydrogens is 452 g/mol. The third kappa shape index (κ3) is 3.49. The van der Waals surface area contributed by atoms with E-state index in [0.717, 1.165) is 32.7 Å². The van der Waals surface area contributed by atoms with E-state index >= 15 is 0 Å². The largest absolute Gasteiger partial charge is 0.294 e. The molecule has 0 heterocycles. The van der Waals surface area contributed by atoms with Gasteiger partial charge in [0.15, 0.2) is 11.6 Å². The van der Waals surface area contributed by atoms with Crippen LogP contribution in [0.15, 0.2) is 109 Å². The van der Waals surface area contributed by atoms with Gasteiger partial charge in [-0.15, -0.1) is 0 Å². The molecule has 2 aliphatic rings. The Bertz CT molecular complexity index is 2040.